The molecule has 4 rings (SSSR count). The van der Waals surface area contributed by atoms with E-state index >= 15 is 0 Å². The third kappa shape index (κ3) is 5.65. The molecule has 10 heteroatoms. The smallest absolute Gasteiger partial charge is 0.255 e. The summed E-state index contributed by atoms with van der Waals surface area (Å²) in [6.07, 6.45) is 2.89. The highest BCUT2D eigenvalue weighted by atomic mass is 19.1. The van der Waals surface area contributed by atoms with Crippen molar-refractivity contribution in [3.63, 3.8) is 0 Å². The summed E-state index contributed by atoms with van der Waals surface area (Å²) in [5.74, 6) is 0.614. The lowest BCUT2D eigenvalue weighted by molar-refractivity contribution is -0.121. The van der Waals surface area contributed by atoms with Crippen molar-refractivity contribution in [2.75, 3.05) is 31.5 Å². The predicted octanol–water partition coefficient (Wildman–Crippen LogP) is 2.49. The topological polar surface area (TPSA) is 108 Å². The lowest BCUT2D eigenvalue weighted by atomic mass is 10.2. The molecule has 0 saturated carbocycles. The van der Waals surface area contributed by atoms with Gasteiger partial charge in [0, 0.05) is 38.4 Å². The maximum absolute atomic E-state index is 13.0. The summed E-state index contributed by atoms with van der Waals surface area (Å²) in [6, 6.07) is 11.3. The van der Waals surface area contributed by atoms with Gasteiger partial charge in [-0.3, -0.25) is 19.3 Å². The minimum absolute atomic E-state index is 0.153. The van der Waals surface area contributed by atoms with Gasteiger partial charge in [-0.2, -0.15) is 0 Å². The maximum atomic E-state index is 13.0. The fraction of sp³-hybridized carbons (Fsp3) is 0.250. The summed E-state index contributed by atoms with van der Waals surface area (Å²) >= 11 is 0. The van der Waals surface area contributed by atoms with Gasteiger partial charge in [0.05, 0.1) is 17.8 Å². The Morgan fingerprint density at radius 2 is 1.74 bits per heavy atom. The number of hydrogen-bond acceptors (Lipinski definition) is 6. The summed E-state index contributed by atoms with van der Waals surface area (Å²) in [4.78, 5) is 46.9. The van der Waals surface area contributed by atoms with Crippen LogP contribution in [0.4, 0.5) is 10.2 Å². The van der Waals surface area contributed by atoms with Gasteiger partial charge in [-0.25, -0.2) is 9.37 Å². The molecule has 1 aliphatic heterocycles. The second kappa shape index (κ2) is 10.3. The predicted molar refractivity (Wildman–Crippen MR) is 123 cm³/mol. The lowest BCUT2D eigenvalue weighted by Crippen LogP contribution is -2.54. The highest BCUT2D eigenvalue weighted by Gasteiger charge is 2.28. The zero-order valence-electron chi connectivity index (χ0n) is 18.5. The first-order valence-electron chi connectivity index (χ1n) is 10.8. The van der Waals surface area contributed by atoms with E-state index in [0.717, 1.165) is 0 Å². The van der Waals surface area contributed by atoms with Crippen molar-refractivity contribution in [2.24, 2.45) is 0 Å². The van der Waals surface area contributed by atoms with Crippen LogP contribution in [-0.4, -0.2) is 63.8 Å². The van der Waals surface area contributed by atoms with Crippen LogP contribution in [0.25, 0.3) is 0 Å². The average molecular weight is 465 g/mol. The summed E-state index contributed by atoms with van der Waals surface area (Å²) in [5.41, 5.74) is 0.169. The molecule has 9 nitrogen and oxygen atoms in total. The largest absolute Gasteiger partial charge is 0.456 e. The van der Waals surface area contributed by atoms with Crippen LogP contribution in [0.1, 0.15) is 17.3 Å². The van der Waals surface area contributed by atoms with Crippen molar-refractivity contribution in [1.29, 1.82) is 0 Å². The number of piperazine rings is 1. The molecule has 1 atom stereocenters. The zero-order chi connectivity index (χ0) is 24.1. The standard InChI is InChI=1S/C24H24FN5O4/c1-16(29-10-12-30(13-11-29)24(33)17-2-9-22(31)27-14-17)23(32)28-21-8-7-20(15-26-21)34-19-5-3-18(25)4-6-19/h2-9,14-16H,10-13H2,1H3,(H,27,31)(H,26,28,32). The third-order valence-electron chi connectivity index (χ3n) is 5.60. The number of halogens is 1. The van der Waals surface area contributed by atoms with Gasteiger partial charge < -0.3 is 19.9 Å². The number of amides is 2. The van der Waals surface area contributed by atoms with Crippen molar-refractivity contribution in [1.82, 2.24) is 19.8 Å². The number of benzene rings is 1. The molecule has 2 aromatic heterocycles. The number of carbonyl (C=O) groups is 2. The molecule has 0 bridgehead atoms. The highest BCUT2D eigenvalue weighted by Crippen LogP contribution is 2.22. The van der Waals surface area contributed by atoms with Crippen LogP contribution in [0.5, 0.6) is 11.5 Å². The average Bonchev–Trinajstić information content (AvgIpc) is 2.86. The number of aromatic amines is 1. The SMILES string of the molecule is CC(C(=O)Nc1ccc(Oc2ccc(F)cc2)cn1)N1CCN(C(=O)c2ccc(=O)[nH]c2)CC1. The Bertz CT molecular complexity index is 1180. The molecule has 0 aliphatic carbocycles. The van der Waals surface area contributed by atoms with E-state index in [1.807, 2.05) is 4.90 Å². The molecule has 0 spiro atoms. The molecule has 3 aromatic rings. The normalized spacial score (nSPS) is 14.9. The first-order chi connectivity index (χ1) is 16.4. The van der Waals surface area contributed by atoms with Crippen LogP contribution < -0.4 is 15.6 Å². The molecule has 1 unspecified atom stereocenters. The van der Waals surface area contributed by atoms with Crippen molar-refractivity contribution < 1.29 is 18.7 Å². The molecule has 2 N–H and O–H groups in total. The Morgan fingerprint density at radius 3 is 2.35 bits per heavy atom. The number of nitrogens with one attached hydrogen (secondary N) is 2. The molecular weight excluding hydrogens is 441 g/mol. The molecule has 1 saturated heterocycles. The fourth-order valence-corrected chi connectivity index (χ4v) is 3.59. The van der Waals surface area contributed by atoms with Crippen LogP contribution in [0.2, 0.25) is 0 Å². The quantitative estimate of drug-likeness (QED) is 0.579. The second-order valence-corrected chi connectivity index (χ2v) is 7.87. The minimum atomic E-state index is -0.415. The Labute approximate surface area is 195 Å². The van der Waals surface area contributed by atoms with E-state index in [4.69, 9.17) is 4.74 Å². The molecule has 176 valence electrons. The molecule has 2 amide bonds. The van der Waals surface area contributed by atoms with Gasteiger partial charge in [0.1, 0.15) is 23.1 Å². The first kappa shape index (κ1) is 23.1. The third-order valence-corrected chi connectivity index (χ3v) is 5.60. The van der Waals surface area contributed by atoms with Crippen LogP contribution in [0.15, 0.2) is 65.7 Å². The minimum Gasteiger partial charge on any atom is -0.456 e. The van der Waals surface area contributed by atoms with E-state index in [-0.39, 0.29) is 23.2 Å². The molecule has 0 radical (unpaired) electrons. The van der Waals surface area contributed by atoms with E-state index in [9.17, 15) is 18.8 Å². The summed E-state index contributed by atoms with van der Waals surface area (Å²) in [5, 5.41) is 2.79. The number of nitrogens with zero attached hydrogens (tertiary/aromatic N) is 3. The number of hydrogen-bond donors (Lipinski definition) is 2. The van der Waals surface area contributed by atoms with Gasteiger partial charge in [0.2, 0.25) is 11.5 Å². The number of carbonyl (C=O) groups excluding carboxylic acids is 2. The van der Waals surface area contributed by atoms with Crippen LogP contribution in [-0.2, 0) is 4.79 Å². The van der Waals surface area contributed by atoms with Gasteiger partial charge >= 0.3 is 0 Å². The Kier molecular flexibility index (Phi) is 6.98. The van der Waals surface area contributed by atoms with E-state index in [1.54, 1.807) is 24.0 Å². The van der Waals surface area contributed by atoms with Crippen molar-refractivity contribution in [3.05, 3.63) is 82.7 Å². The lowest BCUT2D eigenvalue weighted by Gasteiger charge is -2.37. The maximum Gasteiger partial charge on any atom is 0.255 e. The molecule has 3 heterocycles. The van der Waals surface area contributed by atoms with Gasteiger partial charge in [-0.05, 0) is 49.4 Å². The van der Waals surface area contributed by atoms with Gasteiger partial charge in [0.25, 0.3) is 5.91 Å². The van der Waals surface area contributed by atoms with Gasteiger partial charge in [-0.1, -0.05) is 0 Å². The number of pyridine rings is 2. The summed E-state index contributed by atoms with van der Waals surface area (Å²) in [6.45, 7) is 3.84. The van der Waals surface area contributed by atoms with Crippen molar-refractivity contribution in [2.45, 2.75) is 13.0 Å². The summed E-state index contributed by atoms with van der Waals surface area (Å²) in [7, 11) is 0. The van der Waals surface area contributed by atoms with Gasteiger partial charge in [0.15, 0.2) is 0 Å². The van der Waals surface area contributed by atoms with E-state index in [0.29, 0.717) is 49.1 Å². The van der Waals surface area contributed by atoms with Crippen LogP contribution >= 0.6 is 0 Å². The molecule has 1 aromatic carbocycles. The van der Waals surface area contributed by atoms with E-state index in [1.165, 1.54) is 48.8 Å². The number of aromatic nitrogens is 2. The fourth-order valence-electron chi connectivity index (χ4n) is 3.59. The monoisotopic (exact) mass is 465 g/mol. The van der Waals surface area contributed by atoms with E-state index < -0.39 is 6.04 Å². The Morgan fingerprint density at radius 1 is 1.03 bits per heavy atom. The second-order valence-electron chi connectivity index (χ2n) is 7.87. The molecular formula is C24H24FN5O4. The zero-order valence-corrected chi connectivity index (χ0v) is 18.5. The van der Waals surface area contributed by atoms with Crippen LogP contribution in [0, 0.1) is 5.82 Å². The molecule has 34 heavy (non-hydrogen) atoms. The highest BCUT2D eigenvalue weighted by molar-refractivity contribution is 5.94. The number of H-pyrrole nitrogens is 1. The van der Waals surface area contributed by atoms with Crippen molar-refractivity contribution >= 4 is 17.6 Å². The Balaban J connectivity index is 1.27. The Hall–Kier alpha value is -4.05. The first-order valence-corrected chi connectivity index (χ1v) is 10.8. The number of rotatable bonds is 6. The summed E-state index contributed by atoms with van der Waals surface area (Å²) < 4.78 is 18.6. The van der Waals surface area contributed by atoms with Crippen molar-refractivity contribution in [3.8, 4) is 11.5 Å². The van der Waals surface area contributed by atoms with E-state index in [2.05, 4.69) is 15.3 Å². The van der Waals surface area contributed by atoms with Crippen LogP contribution in [0.3, 0.4) is 0 Å². The molecule has 1 aliphatic rings. The number of ether oxygens (including phenoxy) is 1. The van der Waals surface area contributed by atoms with Gasteiger partial charge in [-0.15, -0.1) is 0 Å². The number of anilines is 1. The molecule has 1 fully saturated rings.